The molecule has 3 nitrogen and oxygen atoms in total. The predicted octanol–water partition coefficient (Wildman–Crippen LogP) is 2.46. The van der Waals surface area contributed by atoms with Crippen molar-refractivity contribution >= 4 is 17.5 Å². The zero-order chi connectivity index (χ0) is 12.1. The van der Waals surface area contributed by atoms with Crippen LogP contribution in [0.15, 0.2) is 18.2 Å². The molecule has 0 radical (unpaired) electrons. The molecule has 5 heteroatoms. The summed E-state index contributed by atoms with van der Waals surface area (Å²) in [6.07, 6.45) is 0.248. The van der Waals surface area contributed by atoms with Crippen molar-refractivity contribution in [1.82, 2.24) is 4.90 Å². The summed E-state index contributed by atoms with van der Waals surface area (Å²) >= 11 is 5.51. The van der Waals surface area contributed by atoms with E-state index in [1.165, 1.54) is 17.0 Å². The lowest BCUT2D eigenvalue weighted by atomic mass is 10.2. The maximum atomic E-state index is 13.1. The Labute approximate surface area is 98.0 Å². The van der Waals surface area contributed by atoms with E-state index in [0.29, 0.717) is 6.54 Å². The Morgan fingerprint density at radius 3 is 2.88 bits per heavy atom. The molecule has 0 aliphatic carbocycles. The van der Waals surface area contributed by atoms with E-state index in [0.717, 1.165) is 6.07 Å². The number of amides is 1. The summed E-state index contributed by atoms with van der Waals surface area (Å²) in [7, 11) is 1.56. The van der Waals surface area contributed by atoms with Crippen molar-refractivity contribution in [2.24, 2.45) is 0 Å². The van der Waals surface area contributed by atoms with Gasteiger partial charge in [0.05, 0.1) is 17.5 Å². The number of hydrogen-bond donors (Lipinski definition) is 0. The van der Waals surface area contributed by atoms with Gasteiger partial charge in [-0.25, -0.2) is 4.39 Å². The molecule has 0 unspecified atom stereocenters. The SMILES string of the molecule is CN(CCC#N)C(=O)c1ccc(Cl)c(F)c1. The summed E-state index contributed by atoms with van der Waals surface area (Å²) in [6.45, 7) is 0.319. The minimum Gasteiger partial charge on any atom is -0.341 e. The van der Waals surface area contributed by atoms with Gasteiger partial charge in [-0.2, -0.15) is 5.26 Å². The van der Waals surface area contributed by atoms with Gasteiger partial charge in [0, 0.05) is 19.2 Å². The second-order valence-corrected chi connectivity index (χ2v) is 3.67. The van der Waals surface area contributed by atoms with Crippen LogP contribution >= 0.6 is 11.6 Å². The lowest BCUT2D eigenvalue weighted by Gasteiger charge is -2.15. The second kappa shape index (κ2) is 5.47. The first-order valence-electron chi connectivity index (χ1n) is 4.63. The summed E-state index contributed by atoms with van der Waals surface area (Å²) in [5.74, 6) is -0.952. The molecule has 0 saturated carbocycles. The highest BCUT2D eigenvalue weighted by atomic mass is 35.5. The van der Waals surface area contributed by atoms with Crippen LogP contribution in [0, 0.1) is 17.1 Å². The molecule has 84 valence electrons. The van der Waals surface area contributed by atoms with Crippen LogP contribution in [0.25, 0.3) is 0 Å². The van der Waals surface area contributed by atoms with E-state index in [2.05, 4.69) is 0 Å². The maximum Gasteiger partial charge on any atom is 0.253 e. The summed E-state index contributed by atoms with van der Waals surface area (Å²) in [6, 6.07) is 5.82. The minimum atomic E-state index is -0.624. The Morgan fingerprint density at radius 2 is 2.31 bits per heavy atom. The molecule has 1 aromatic rings. The van der Waals surface area contributed by atoms with Crippen LogP contribution in [-0.2, 0) is 0 Å². The Kier molecular flexibility index (Phi) is 4.27. The van der Waals surface area contributed by atoms with Gasteiger partial charge in [-0.3, -0.25) is 4.79 Å². The molecule has 0 spiro atoms. The predicted molar refractivity (Wildman–Crippen MR) is 58.6 cm³/mol. The molecule has 1 rings (SSSR count). The van der Waals surface area contributed by atoms with Crippen molar-refractivity contribution in [2.75, 3.05) is 13.6 Å². The van der Waals surface area contributed by atoms with Crippen LogP contribution in [0.4, 0.5) is 4.39 Å². The number of benzene rings is 1. The fourth-order valence-electron chi connectivity index (χ4n) is 1.17. The number of hydrogen-bond acceptors (Lipinski definition) is 2. The van der Waals surface area contributed by atoms with E-state index in [4.69, 9.17) is 16.9 Å². The van der Waals surface area contributed by atoms with Crippen molar-refractivity contribution in [2.45, 2.75) is 6.42 Å². The van der Waals surface area contributed by atoms with Crippen LogP contribution in [0.1, 0.15) is 16.8 Å². The average molecular weight is 241 g/mol. The Bertz CT molecular complexity index is 442. The topological polar surface area (TPSA) is 44.1 Å². The van der Waals surface area contributed by atoms with Crippen molar-refractivity contribution < 1.29 is 9.18 Å². The molecular weight excluding hydrogens is 231 g/mol. The maximum absolute atomic E-state index is 13.1. The van der Waals surface area contributed by atoms with Crippen molar-refractivity contribution in [3.63, 3.8) is 0 Å². The van der Waals surface area contributed by atoms with Crippen molar-refractivity contribution in [3.05, 3.63) is 34.6 Å². The Hall–Kier alpha value is -1.60. The molecule has 0 aliphatic rings. The highest BCUT2D eigenvalue weighted by Gasteiger charge is 2.12. The van der Waals surface area contributed by atoms with Crippen LogP contribution in [-0.4, -0.2) is 24.4 Å². The van der Waals surface area contributed by atoms with E-state index in [9.17, 15) is 9.18 Å². The zero-order valence-corrected chi connectivity index (χ0v) is 9.46. The van der Waals surface area contributed by atoms with Gasteiger partial charge in [-0.15, -0.1) is 0 Å². The molecule has 16 heavy (non-hydrogen) atoms. The molecule has 1 amide bonds. The van der Waals surface area contributed by atoms with E-state index >= 15 is 0 Å². The van der Waals surface area contributed by atoms with Gasteiger partial charge in [-0.05, 0) is 18.2 Å². The molecule has 0 atom stereocenters. The molecule has 0 bridgehead atoms. The summed E-state index contributed by atoms with van der Waals surface area (Å²) in [4.78, 5) is 13.1. The number of rotatable bonds is 3. The van der Waals surface area contributed by atoms with Crippen LogP contribution in [0.5, 0.6) is 0 Å². The molecule has 0 aliphatic heterocycles. The quantitative estimate of drug-likeness (QED) is 0.815. The fourth-order valence-corrected chi connectivity index (χ4v) is 1.29. The fraction of sp³-hybridized carbons (Fsp3) is 0.273. The van der Waals surface area contributed by atoms with Gasteiger partial charge >= 0.3 is 0 Å². The van der Waals surface area contributed by atoms with Crippen LogP contribution in [0.3, 0.4) is 0 Å². The smallest absolute Gasteiger partial charge is 0.253 e. The summed E-state index contributed by atoms with van der Waals surface area (Å²) in [5, 5.41) is 8.37. The van der Waals surface area contributed by atoms with Crippen molar-refractivity contribution in [3.8, 4) is 6.07 Å². The van der Waals surface area contributed by atoms with E-state index in [-0.39, 0.29) is 22.9 Å². The number of nitriles is 1. The minimum absolute atomic E-state index is 0.0174. The largest absolute Gasteiger partial charge is 0.341 e. The number of nitrogens with zero attached hydrogens (tertiary/aromatic N) is 2. The lowest BCUT2D eigenvalue weighted by Crippen LogP contribution is -2.27. The third kappa shape index (κ3) is 2.94. The molecule has 0 saturated heterocycles. The van der Waals surface area contributed by atoms with Gasteiger partial charge in [-0.1, -0.05) is 11.6 Å². The third-order valence-corrected chi connectivity index (χ3v) is 2.38. The molecule has 1 aromatic carbocycles. The van der Waals surface area contributed by atoms with E-state index < -0.39 is 5.82 Å². The number of carbonyl (C=O) groups excluding carboxylic acids is 1. The van der Waals surface area contributed by atoms with Gasteiger partial charge < -0.3 is 4.90 Å². The molecule has 0 heterocycles. The van der Waals surface area contributed by atoms with Crippen molar-refractivity contribution in [1.29, 1.82) is 5.26 Å². The van der Waals surface area contributed by atoms with Gasteiger partial charge in [0.1, 0.15) is 5.82 Å². The first kappa shape index (κ1) is 12.5. The average Bonchev–Trinajstić information content (AvgIpc) is 2.28. The first-order valence-corrected chi connectivity index (χ1v) is 5.01. The molecule has 0 aromatic heterocycles. The lowest BCUT2D eigenvalue weighted by molar-refractivity contribution is 0.0797. The van der Waals surface area contributed by atoms with Gasteiger partial charge in [0.25, 0.3) is 5.91 Å². The van der Waals surface area contributed by atoms with E-state index in [1.54, 1.807) is 7.05 Å². The van der Waals surface area contributed by atoms with Gasteiger partial charge in [0.2, 0.25) is 0 Å². The van der Waals surface area contributed by atoms with Gasteiger partial charge in [0.15, 0.2) is 0 Å². The molecule has 0 N–H and O–H groups in total. The molecular formula is C11H10ClFN2O. The first-order chi connectivity index (χ1) is 7.56. The Balaban J connectivity index is 2.80. The summed E-state index contributed by atoms with van der Waals surface area (Å²) in [5.41, 5.74) is 0.224. The highest BCUT2D eigenvalue weighted by molar-refractivity contribution is 6.30. The normalized spacial score (nSPS) is 9.62. The number of carbonyl (C=O) groups is 1. The van der Waals surface area contributed by atoms with E-state index in [1.807, 2.05) is 6.07 Å². The summed E-state index contributed by atoms with van der Waals surface area (Å²) < 4.78 is 13.1. The zero-order valence-electron chi connectivity index (χ0n) is 8.70. The third-order valence-electron chi connectivity index (χ3n) is 2.07. The number of halogens is 2. The molecule has 0 fully saturated rings. The van der Waals surface area contributed by atoms with Crippen LogP contribution in [0.2, 0.25) is 5.02 Å². The Morgan fingerprint density at radius 1 is 1.62 bits per heavy atom. The second-order valence-electron chi connectivity index (χ2n) is 3.26. The standard InChI is InChI=1S/C11H10ClFN2O/c1-15(6-2-5-14)11(16)8-3-4-9(12)10(13)7-8/h3-4,7H,2,6H2,1H3. The highest BCUT2D eigenvalue weighted by Crippen LogP contribution is 2.16. The monoisotopic (exact) mass is 240 g/mol. The van der Waals surface area contributed by atoms with Crippen LogP contribution < -0.4 is 0 Å².